The molecule has 2 amide bonds. The van der Waals surface area contributed by atoms with Gasteiger partial charge in [-0.3, -0.25) is 19.6 Å². The summed E-state index contributed by atoms with van der Waals surface area (Å²) < 4.78 is 14.1. The average Bonchev–Trinajstić information content (AvgIpc) is 3.33. The van der Waals surface area contributed by atoms with Crippen molar-refractivity contribution >= 4 is 40.2 Å². The summed E-state index contributed by atoms with van der Waals surface area (Å²) in [7, 11) is 0. The predicted octanol–water partition coefficient (Wildman–Crippen LogP) is 4.19. The fourth-order valence-electron chi connectivity index (χ4n) is 4.22. The van der Waals surface area contributed by atoms with E-state index in [1.165, 1.54) is 6.07 Å². The number of nitrogens with zero attached hydrogens (tertiary/aromatic N) is 2. The van der Waals surface area contributed by atoms with Gasteiger partial charge in [-0.15, -0.1) is 11.8 Å². The lowest BCUT2D eigenvalue weighted by Gasteiger charge is -2.31. The molecule has 4 aromatic rings. The molecule has 0 aliphatic carbocycles. The number of carbonyl (C=O) groups is 2. The number of carbonyl (C=O) groups excluding carboxylic acids is 2. The summed E-state index contributed by atoms with van der Waals surface area (Å²) in [5.41, 5.74) is 3.21. The van der Waals surface area contributed by atoms with Crippen LogP contribution in [0.25, 0.3) is 10.9 Å². The van der Waals surface area contributed by atoms with E-state index < -0.39 is 0 Å². The van der Waals surface area contributed by atoms with Gasteiger partial charge >= 0.3 is 0 Å². The van der Waals surface area contributed by atoms with E-state index in [-0.39, 0.29) is 28.6 Å². The zero-order valence-electron chi connectivity index (χ0n) is 19.5. The van der Waals surface area contributed by atoms with E-state index in [0.29, 0.717) is 41.8 Å². The predicted molar refractivity (Wildman–Crippen MR) is 140 cm³/mol. The van der Waals surface area contributed by atoms with Gasteiger partial charge in [0.15, 0.2) is 5.69 Å². The number of benzene rings is 3. The molecule has 0 bridgehead atoms. The fourth-order valence-corrected chi connectivity index (χ4v) is 5.40. The molecular formula is C27H26FN5O2S. The number of amides is 2. The molecule has 5 rings (SSSR count). The molecule has 7 nitrogen and oxygen atoms in total. The zero-order valence-corrected chi connectivity index (χ0v) is 20.4. The maximum absolute atomic E-state index is 14.1. The van der Waals surface area contributed by atoms with Gasteiger partial charge in [-0.05, 0) is 29.8 Å². The Labute approximate surface area is 212 Å². The summed E-state index contributed by atoms with van der Waals surface area (Å²) in [6.45, 7) is 2.20. The number of aromatic nitrogens is 2. The highest BCUT2D eigenvalue weighted by Crippen LogP contribution is 2.25. The molecule has 1 saturated heterocycles. The number of rotatable bonds is 7. The maximum Gasteiger partial charge on any atom is 0.272 e. The fraction of sp³-hybridized carbons (Fsp3) is 0.222. The first-order valence-corrected chi connectivity index (χ1v) is 12.8. The van der Waals surface area contributed by atoms with E-state index in [9.17, 15) is 14.0 Å². The van der Waals surface area contributed by atoms with Crippen LogP contribution in [-0.4, -0.2) is 51.0 Å². The van der Waals surface area contributed by atoms with Crippen molar-refractivity contribution in [2.45, 2.75) is 18.3 Å². The van der Waals surface area contributed by atoms with Crippen molar-refractivity contribution in [2.24, 2.45) is 0 Å². The number of hydrogen-bond donors (Lipinski definition) is 3. The van der Waals surface area contributed by atoms with E-state index in [4.69, 9.17) is 0 Å². The Bertz CT molecular complexity index is 1380. The van der Waals surface area contributed by atoms with Gasteiger partial charge in [0, 0.05) is 48.6 Å². The molecule has 9 heteroatoms. The highest BCUT2D eigenvalue weighted by atomic mass is 32.2. The molecular weight excluding hydrogens is 477 g/mol. The molecule has 3 aromatic carbocycles. The SMILES string of the molecule is O=C(NCc1ccccc1)c1n[nH]c2ccc(NC(=O)C3CN(Cc4ccccc4F)CCS3)cc12. The van der Waals surface area contributed by atoms with Crippen molar-refractivity contribution in [3.05, 3.63) is 95.4 Å². The van der Waals surface area contributed by atoms with Crippen LogP contribution in [0.15, 0.2) is 72.8 Å². The lowest BCUT2D eigenvalue weighted by Crippen LogP contribution is -2.43. The van der Waals surface area contributed by atoms with Gasteiger partial charge in [0.05, 0.1) is 10.8 Å². The highest BCUT2D eigenvalue weighted by molar-refractivity contribution is 8.00. The van der Waals surface area contributed by atoms with E-state index in [0.717, 1.165) is 17.9 Å². The van der Waals surface area contributed by atoms with Gasteiger partial charge in [0.2, 0.25) is 5.91 Å². The third kappa shape index (κ3) is 5.58. The number of thioether (sulfide) groups is 1. The lowest BCUT2D eigenvalue weighted by molar-refractivity contribution is -0.116. The number of hydrogen-bond acceptors (Lipinski definition) is 5. The van der Waals surface area contributed by atoms with E-state index in [1.807, 2.05) is 36.4 Å². The minimum Gasteiger partial charge on any atom is -0.347 e. The molecule has 184 valence electrons. The number of anilines is 1. The molecule has 0 saturated carbocycles. The summed E-state index contributed by atoms with van der Waals surface area (Å²) >= 11 is 1.60. The third-order valence-electron chi connectivity index (χ3n) is 6.14. The minimum absolute atomic E-state index is 0.115. The van der Waals surface area contributed by atoms with Crippen molar-refractivity contribution < 1.29 is 14.0 Å². The summed E-state index contributed by atoms with van der Waals surface area (Å²) in [6, 6.07) is 21.7. The van der Waals surface area contributed by atoms with Crippen LogP contribution in [0.3, 0.4) is 0 Å². The monoisotopic (exact) mass is 503 g/mol. The van der Waals surface area contributed by atoms with Gasteiger partial charge in [-0.1, -0.05) is 48.5 Å². The van der Waals surface area contributed by atoms with E-state index >= 15 is 0 Å². The Morgan fingerprint density at radius 1 is 1.08 bits per heavy atom. The molecule has 1 fully saturated rings. The maximum atomic E-state index is 14.1. The van der Waals surface area contributed by atoms with Crippen molar-refractivity contribution in [1.82, 2.24) is 20.4 Å². The van der Waals surface area contributed by atoms with Crippen molar-refractivity contribution in [3.63, 3.8) is 0 Å². The average molecular weight is 504 g/mol. The molecule has 1 atom stereocenters. The van der Waals surface area contributed by atoms with Crippen molar-refractivity contribution in [1.29, 1.82) is 0 Å². The number of nitrogens with one attached hydrogen (secondary N) is 3. The van der Waals surface area contributed by atoms with Gasteiger partial charge in [0.25, 0.3) is 5.91 Å². The van der Waals surface area contributed by atoms with Crippen molar-refractivity contribution in [3.8, 4) is 0 Å². The van der Waals surface area contributed by atoms with Gasteiger partial charge in [-0.25, -0.2) is 4.39 Å². The Morgan fingerprint density at radius 3 is 2.72 bits per heavy atom. The zero-order chi connectivity index (χ0) is 24.9. The first-order valence-electron chi connectivity index (χ1n) is 11.8. The molecule has 1 aliphatic heterocycles. The molecule has 2 heterocycles. The second-order valence-electron chi connectivity index (χ2n) is 8.68. The Hall–Kier alpha value is -3.69. The largest absolute Gasteiger partial charge is 0.347 e. The van der Waals surface area contributed by atoms with Gasteiger partial charge < -0.3 is 10.6 Å². The molecule has 1 unspecified atom stereocenters. The first kappa shape index (κ1) is 24.0. The van der Waals surface area contributed by atoms with Gasteiger partial charge in [-0.2, -0.15) is 5.10 Å². The topological polar surface area (TPSA) is 90.1 Å². The van der Waals surface area contributed by atoms with Crippen LogP contribution in [0, 0.1) is 5.82 Å². The van der Waals surface area contributed by atoms with Crippen LogP contribution in [-0.2, 0) is 17.9 Å². The van der Waals surface area contributed by atoms with Crippen molar-refractivity contribution in [2.75, 3.05) is 24.2 Å². The van der Waals surface area contributed by atoms with Crippen LogP contribution in [0.5, 0.6) is 0 Å². The number of fused-ring (bicyclic) bond motifs is 1. The van der Waals surface area contributed by atoms with E-state index in [1.54, 1.807) is 42.1 Å². The van der Waals surface area contributed by atoms with Crippen LogP contribution in [0.1, 0.15) is 21.6 Å². The van der Waals surface area contributed by atoms with Crippen LogP contribution in [0.4, 0.5) is 10.1 Å². The molecule has 3 N–H and O–H groups in total. The summed E-state index contributed by atoms with van der Waals surface area (Å²) in [5.74, 6) is 0.157. The molecule has 36 heavy (non-hydrogen) atoms. The number of aromatic amines is 1. The third-order valence-corrected chi connectivity index (χ3v) is 7.32. The normalized spacial score (nSPS) is 16.1. The second kappa shape index (κ2) is 10.9. The van der Waals surface area contributed by atoms with Crippen LogP contribution in [0.2, 0.25) is 0 Å². The standard InChI is InChI=1S/C27H26FN5O2S/c28-22-9-5-4-8-19(22)16-33-12-13-36-24(17-33)26(34)30-20-10-11-23-21(14-20)25(32-31-23)27(35)29-15-18-6-2-1-3-7-18/h1-11,14,24H,12-13,15-17H2,(H,29,35)(H,30,34)(H,31,32). The lowest BCUT2D eigenvalue weighted by atomic mass is 10.1. The number of halogens is 1. The second-order valence-corrected chi connectivity index (χ2v) is 9.99. The highest BCUT2D eigenvalue weighted by Gasteiger charge is 2.27. The number of H-pyrrole nitrogens is 1. The summed E-state index contributed by atoms with van der Waals surface area (Å²) in [6.07, 6.45) is 0. The van der Waals surface area contributed by atoms with E-state index in [2.05, 4.69) is 25.7 Å². The minimum atomic E-state index is -0.291. The smallest absolute Gasteiger partial charge is 0.272 e. The molecule has 1 aliphatic rings. The van der Waals surface area contributed by atoms with Gasteiger partial charge in [0.1, 0.15) is 5.82 Å². The van der Waals surface area contributed by atoms with Crippen LogP contribution < -0.4 is 10.6 Å². The Morgan fingerprint density at radius 2 is 1.89 bits per heavy atom. The molecule has 0 radical (unpaired) electrons. The first-order chi connectivity index (χ1) is 17.6. The summed E-state index contributed by atoms with van der Waals surface area (Å²) in [4.78, 5) is 27.9. The molecule has 1 aromatic heterocycles. The Balaban J connectivity index is 1.23. The quantitative estimate of drug-likeness (QED) is 0.352. The van der Waals surface area contributed by atoms with Crippen LogP contribution >= 0.6 is 11.8 Å². The molecule has 0 spiro atoms. The summed E-state index contributed by atoms with van der Waals surface area (Å²) in [5, 5.41) is 13.3. The Kier molecular flexibility index (Phi) is 7.29.